The zero-order chi connectivity index (χ0) is 14.2. The van der Waals surface area contributed by atoms with Crippen molar-refractivity contribution in [3.63, 3.8) is 0 Å². The van der Waals surface area contributed by atoms with E-state index in [9.17, 15) is 13.5 Å². The summed E-state index contributed by atoms with van der Waals surface area (Å²) in [5.74, 6) is 0.679. The van der Waals surface area contributed by atoms with Gasteiger partial charge in [-0.05, 0) is 11.5 Å². The zero-order valence-corrected chi connectivity index (χ0v) is 12.3. The smallest absolute Gasteiger partial charge is 0.159 e. The maximum Gasteiger partial charge on any atom is 0.159 e. The Bertz CT molecular complexity index is 550. The Morgan fingerprint density at radius 2 is 1.70 bits per heavy atom. The van der Waals surface area contributed by atoms with Crippen LogP contribution in [0.25, 0.3) is 0 Å². The lowest BCUT2D eigenvalue weighted by Crippen LogP contribution is -3.18. The van der Waals surface area contributed by atoms with Crippen LogP contribution >= 0.6 is 0 Å². The third-order valence-electron chi connectivity index (χ3n) is 4.75. The summed E-state index contributed by atoms with van der Waals surface area (Å²) in [5.41, 5.74) is 1.38. The highest BCUT2D eigenvalue weighted by Gasteiger charge is 2.44. The zero-order valence-electron chi connectivity index (χ0n) is 11.5. The highest BCUT2D eigenvalue weighted by Crippen LogP contribution is 2.24. The molecule has 0 bridgehead atoms. The molecule has 3 rings (SSSR count). The molecule has 0 aromatic heterocycles. The fourth-order valence-electron chi connectivity index (χ4n) is 3.64. The number of piperidine rings is 1. The van der Waals surface area contributed by atoms with E-state index in [1.54, 1.807) is 0 Å². The molecule has 0 amide bonds. The number of likely N-dealkylation sites (tertiary alicyclic amines) is 1. The molecular weight excluding hydrogens is 274 g/mol. The van der Waals surface area contributed by atoms with Crippen LogP contribution in [-0.4, -0.2) is 50.3 Å². The van der Waals surface area contributed by atoms with Crippen LogP contribution in [0.15, 0.2) is 30.3 Å². The highest BCUT2D eigenvalue weighted by atomic mass is 32.2. The first-order valence-electron chi connectivity index (χ1n) is 7.33. The molecule has 2 saturated heterocycles. The van der Waals surface area contributed by atoms with Gasteiger partial charge < -0.3 is 10.0 Å². The molecule has 20 heavy (non-hydrogen) atoms. The van der Waals surface area contributed by atoms with Gasteiger partial charge in [-0.15, -0.1) is 0 Å². The van der Waals surface area contributed by atoms with E-state index in [4.69, 9.17) is 0 Å². The standard InChI is InChI=1S/C15H21NO3S/c17-15-11-20(18,19)10-14(15)16-8-6-13(7-9-16)12-4-2-1-3-5-12/h1-5,13-15,17H,6-11H2/p+1/t14-,15-/m0/s1. The van der Waals surface area contributed by atoms with Crippen LogP contribution in [0.2, 0.25) is 0 Å². The number of hydrogen-bond acceptors (Lipinski definition) is 3. The quantitative estimate of drug-likeness (QED) is 0.781. The first-order chi connectivity index (χ1) is 9.55. The third kappa shape index (κ3) is 2.90. The summed E-state index contributed by atoms with van der Waals surface area (Å²) in [6.45, 7) is 1.91. The van der Waals surface area contributed by atoms with E-state index in [1.165, 1.54) is 10.5 Å². The summed E-state index contributed by atoms with van der Waals surface area (Å²) in [6, 6.07) is 10.4. The van der Waals surface area contributed by atoms with Crippen LogP contribution in [0.4, 0.5) is 0 Å². The Morgan fingerprint density at radius 3 is 2.25 bits per heavy atom. The van der Waals surface area contributed by atoms with Crippen LogP contribution in [0.5, 0.6) is 0 Å². The van der Waals surface area contributed by atoms with E-state index in [0.29, 0.717) is 5.92 Å². The molecule has 4 nitrogen and oxygen atoms in total. The molecule has 2 atom stereocenters. The summed E-state index contributed by atoms with van der Waals surface area (Å²) in [5, 5.41) is 9.96. The average molecular weight is 296 g/mol. The molecule has 2 N–H and O–H groups in total. The fourth-order valence-corrected chi connectivity index (χ4v) is 5.53. The first-order valence-corrected chi connectivity index (χ1v) is 9.15. The maximum atomic E-state index is 11.6. The molecule has 0 unspecified atom stereocenters. The summed E-state index contributed by atoms with van der Waals surface area (Å²) in [4.78, 5) is 1.27. The van der Waals surface area contributed by atoms with E-state index < -0.39 is 15.9 Å². The highest BCUT2D eigenvalue weighted by molar-refractivity contribution is 7.91. The fraction of sp³-hybridized carbons (Fsp3) is 0.600. The predicted molar refractivity (Wildman–Crippen MR) is 77.6 cm³/mol. The van der Waals surface area contributed by atoms with Gasteiger partial charge in [0, 0.05) is 12.8 Å². The van der Waals surface area contributed by atoms with Crippen molar-refractivity contribution in [3.05, 3.63) is 35.9 Å². The van der Waals surface area contributed by atoms with Crippen LogP contribution in [0, 0.1) is 0 Å². The molecule has 5 heteroatoms. The predicted octanol–water partition coefficient (Wildman–Crippen LogP) is -0.393. The van der Waals surface area contributed by atoms with Crippen molar-refractivity contribution in [2.24, 2.45) is 0 Å². The minimum absolute atomic E-state index is 0.0523. The second-order valence-corrected chi connectivity index (χ2v) is 8.25. The van der Waals surface area contributed by atoms with Crippen LogP contribution in [0.1, 0.15) is 24.3 Å². The van der Waals surface area contributed by atoms with Gasteiger partial charge in [-0.25, -0.2) is 8.42 Å². The van der Waals surface area contributed by atoms with Crippen LogP contribution in [-0.2, 0) is 9.84 Å². The minimum Gasteiger partial charge on any atom is -0.386 e. The second-order valence-electron chi connectivity index (χ2n) is 6.09. The van der Waals surface area contributed by atoms with Crippen molar-refractivity contribution in [1.82, 2.24) is 0 Å². The number of hydrogen-bond donors (Lipinski definition) is 2. The number of rotatable bonds is 2. The number of nitrogens with one attached hydrogen (secondary N) is 1. The molecule has 0 spiro atoms. The Kier molecular flexibility index (Phi) is 3.84. The van der Waals surface area contributed by atoms with E-state index in [-0.39, 0.29) is 17.5 Å². The van der Waals surface area contributed by atoms with E-state index in [0.717, 1.165) is 25.9 Å². The van der Waals surface area contributed by atoms with E-state index in [2.05, 4.69) is 24.3 Å². The number of benzene rings is 1. The molecular formula is C15H22NO3S+. The molecule has 0 aliphatic carbocycles. The number of sulfone groups is 1. The Morgan fingerprint density at radius 1 is 1.05 bits per heavy atom. The number of aliphatic hydroxyl groups excluding tert-OH is 1. The SMILES string of the molecule is O=S1(=O)C[C@H](O)[C@@H]([NH+]2CCC(c3ccccc3)CC2)C1. The van der Waals surface area contributed by atoms with Gasteiger partial charge in [-0.3, -0.25) is 0 Å². The lowest BCUT2D eigenvalue weighted by molar-refractivity contribution is -0.930. The van der Waals surface area contributed by atoms with Gasteiger partial charge in [-0.1, -0.05) is 30.3 Å². The number of aliphatic hydroxyl groups is 1. The lowest BCUT2D eigenvalue weighted by atomic mass is 9.89. The molecule has 2 aliphatic heterocycles. The molecule has 1 aromatic carbocycles. The lowest BCUT2D eigenvalue weighted by Gasteiger charge is -2.34. The van der Waals surface area contributed by atoms with Crippen molar-refractivity contribution in [3.8, 4) is 0 Å². The minimum atomic E-state index is -3.03. The van der Waals surface area contributed by atoms with Gasteiger partial charge in [0.05, 0.1) is 18.8 Å². The van der Waals surface area contributed by atoms with Crippen molar-refractivity contribution in [2.75, 3.05) is 24.6 Å². The van der Waals surface area contributed by atoms with Gasteiger partial charge in [-0.2, -0.15) is 0 Å². The maximum absolute atomic E-state index is 11.6. The van der Waals surface area contributed by atoms with Gasteiger partial charge >= 0.3 is 0 Å². The largest absolute Gasteiger partial charge is 0.386 e. The summed E-state index contributed by atoms with van der Waals surface area (Å²) >= 11 is 0. The first kappa shape index (κ1) is 14.0. The topological polar surface area (TPSA) is 58.8 Å². The van der Waals surface area contributed by atoms with Gasteiger partial charge in [0.25, 0.3) is 0 Å². The van der Waals surface area contributed by atoms with Crippen molar-refractivity contribution < 1.29 is 18.4 Å². The molecule has 1 aromatic rings. The Balaban J connectivity index is 1.62. The summed E-state index contributed by atoms with van der Waals surface area (Å²) in [6.07, 6.45) is 1.47. The van der Waals surface area contributed by atoms with Crippen LogP contribution < -0.4 is 4.90 Å². The Labute approximate surface area is 120 Å². The van der Waals surface area contributed by atoms with Crippen molar-refractivity contribution in [1.29, 1.82) is 0 Å². The van der Waals surface area contributed by atoms with Crippen molar-refractivity contribution >= 4 is 9.84 Å². The number of quaternary nitrogens is 1. The second kappa shape index (κ2) is 5.47. The van der Waals surface area contributed by atoms with E-state index in [1.807, 2.05) is 6.07 Å². The molecule has 0 radical (unpaired) electrons. The molecule has 0 saturated carbocycles. The van der Waals surface area contributed by atoms with Gasteiger partial charge in [0.2, 0.25) is 0 Å². The normalized spacial score (nSPS) is 36.9. The molecule has 2 aliphatic rings. The van der Waals surface area contributed by atoms with Gasteiger partial charge in [0.1, 0.15) is 17.9 Å². The van der Waals surface area contributed by atoms with Gasteiger partial charge in [0.15, 0.2) is 9.84 Å². The van der Waals surface area contributed by atoms with E-state index >= 15 is 0 Å². The average Bonchev–Trinajstić information content (AvgIpc) is 2.73. The molecule has 2 heterocycles. The molecule has 2 fully saturated rings. The molecule has 110 valence electrons. The third-order valence-corrected chi connectivity index (χ3v) is 6.46. The van der Waals surface area contributed by atoms with Crippen LogP contribution in [0.3, 0.4) is 0 Å². The monoisotopic (exact) mass is 296 g/mol. The van der Waals surface area contributed by atoms with Crippen molar-refractivity contribution in [2.45, 2.75) is 30.9 Å². The summed E-state index contributed by atoms with van der Waals surface area (Å²) in [7, 11) is -3.03. The summed E-state index contributed by atoms with van der Waals surface area (Å²) < 4.78 is 23.2. The Hall–Kier alpha value is -0.910.